The number of carbonyl (C=O) groups excluding carboxylic acids is 1. The molecular formula is C20H22O. The zero-order valence-corrected chi connectivity index (χ0v) is 13.2. The third kappa shape index (κ3) is 4.16. The maximum Gasteiger partial charge on any atom is 0.185 e. The lowest BCUT2D eigenvalue weighted by Gasteiger charge is -2.18. The SMILES string of the molecule is Cc1ccc(C(=O)C=Cc2ccc(C(C)(C)C)cc2)cc1. The van der Waals surface area contributed by atoms with Crippen molar-refractivity contribution in [3.63, 3.8) is 0 Å². The summed E-state index contributed by atoms with van der Waals surface area (Å²) in [5, 5.41) is 0. The Labute approximate surface area is 127 Å². The molecule has 0 radical (unpaired) electrons. The molecule has 0 aromatic heterocycles. The molecule has 0 bridgehead atoms. The Morgan fingerprint density at radius 3 is 2.00 bits per heavy atom. The third-order valence-electron chi connectivity index (χ3n) is 3.54. The first-order chi connectivity index (χ1) is 9.86. The van der Waals surface area contributed by atoms with Gasteiger partial charge in [0.05, 0.1) is 0 Å². The molecular weight excluding hydrogens is 256 g/mol. The van der Waals surface area contributed by atoms with Gasteiger partial charge in [-0.2, -0.15) is 0 Å². The van der Waals surface area contributed by atoms with Gasteiger partial charge in [0.25, 0.3) is 0 Å². The van der Waals surface area contributed by atoms with Gasteiger partial charge in [0.1, 0.15) is 0 Å². The molecule has 2 aromatic carbocycles. The Hall–Kier alpha value is -2.15. The molecule has 0 amide bonds. The van der Waals surface area contributed by atoms with Crippen LogP contribution in [0.5, 0.6) is 0 Å². The zero-order chi connectivity index (χ0) is 15.5. The van der Waals surface area contributed by atoms with Crippen LogP contribution in [0, 0.1) is 6.92 Å². The Balaban J connectivity index is 2.10. The standard InChI is InChI=1S/C20H22O/c1-15-5-10-17(11-6-15)19(21)14-9-16-7-12-18(13-8-16)20(2,3)4/h5-14H,1-4H3. The average Bonchev–Trinajstić information content (AvgIpc) is 2.45. The summed E-state index contributed by atoms with van der Waals surface area (Å²) in [7, 11) is 0. The highest BCUT2D eigenvalue weighted by Gasteiger charge is 2.12. The summed E-state index contributed by atoms with van der Waals surface area (Å²) in [6.07, 6.45) is 3.51. The Morgan fingerprint density at radius 2 is 1.48 bits per heavy atom. The van der Waals surface area contributed by atoms with Crippen molar-refractivity contribution < 1.29 is 4.79 Å². The molecule has 0 aliphatic heterocycles. The fraction of sp³-hybridized carbons (Fsp3) is 0.250. The van der Waals surface area contributed by atoms with Crippen LogP contribution in [0.3, 0.4) is 0 Å². The number of hydrogen-bond acceptors (Lipinski definition) is 1. The van der Waals surface area contributed by atoms with E-state index < -0.39 is 0 Å². The van der Waals surface area contributed by atoms with Crippen LogP contribution in [0.2, 0.25) is 0 Å². The largest absolute Gasteiger partial charge is 0.289 e. The number of carbonyl (C=O) groups is 1. The van der Waals surface area contributed by atoms with Crippen LogP contribution < -0.4 is 0 Å². The number of aryl methyl sites for hydroxylation is 1. The van der Waals surface area contributed by atoms with Crippen LogP contribution >= 0.6 is 0 Å². The summed E-state index contributed by atoms with van der Waals surface area (Å²) in [5.74, 6) is 0.0369. The molecule has 2 aromatic rings. The molecule has 2 rings (SSSR count). The maximum atomic E-state index is 12.1. The van der Waals surface area contributed by atoms with Crippen LogP contribution in [0.1, 0.15) is 47.8 Å². The van der Waals surface area contributed by atoms with Crippen LogP contribution in [0.25, 0.3) is 6.08 Å². The van der Waals surface area contributed by atoms with Crippen LogP contribution in [-0.4, -0.2) is 5.78 Å². The summed E-state index contributed by atoms with van der Waals surface area (Å²) >= 11 is 0. The molecule has 0 saturated carbocycles. The number of hydrogen-bond donors (Lipinski definition) is 0. The monoisotopic (exact) mass is 278 g/mol. The van der Waals surface area contributed by atoms with Crippen molar-refractivity contribution in [3.05, 3.63) is 76.9 Å². The summed E-state index contributed by atoms with van der Waals surface area (Å²) in [5.41, 5.74) is 4.38. The predicted molar refractivity (Wildman–Crippen MR) is 89.7 cm³/mol. The minimum Gasteiger partial charge on any atom is -0.289 e. The second-order valence-electron chi connectivity index (χ2n) is 6.44. The Morgan fingerprint density at radius 1 is 0.905 bits per heavy atom. The van der Waals surface area contributed by atoms with Gasteiger partial charge in [-0.05, 0) is 29.5 Å². The molecule has 0 aliphatic rings. The molecule has 0 saturated heterocycles. The van der Waals surface area contributed by atoms with Crippen molar-refractivity contribution in [1.29, 1.82) is 0 Å². The lowest BCUT2D eigenvalue weighted by Crippen LogP contribution is -2.10. The first-order valence-corrected chi connectivity index (χ1v) is 7.26. The van der Waals surface area contributed by atoms with E-state index in [1.54, 1.807) is 6.08 Å². The van der Waals surface area contributed by atoms with E-state index in [1.807, 2.05) is 37.3 Å². The van der Waals surface area contributed by atoms with Gasteiger partial charge in [-0.25, -0.2) is 0 Å². The molecule has 1 heteroatoms. The first-order valence-electron chi connectivity index (χ1n) is 7.26. The van der Waals surface area contributed by atoms with Crippen molar-refractivity contribution in [2.75, 3.05) is 0 Å². The quantitative estimate of drug-likeness (QED) is 0.558. The molecule has 0 aliphatic carbocycles. The van der Waals surface area contributed by atoms with Gasteiger partial charge < -0.3 is 0 Å². The molecule has 0 spiro atoms. The lowest BCUT2D eigenvalue weighted by molar-refractivity contribution is 0.104. The minimum absolute atomic E-state index is 0.0369. The van der Waals surface area contributed by atoms with Crippen molar-refractivity contribution in [1.82, 2.24) is 0 Å². The molecule has 0 heterocycles. The van der Waals surface area contributed by atoms with Gasteiger partial charge in [0, 0.05) is 5.56 Å². The fourth-order valence-corrected chi connectivity index (χ4v) is 2.08. The number of benzene rings is 2. The van der Waals surface area contributed by atoms with Gasteiger partial charge in [-0.3, -0.25) is 4.79 Å². The van der Waals surface area contributed by atoms with E-state index in [4.69, 9.17) is 0 Å². The highest BCUT2D eigenvalue weighted by molar-refractivity contribution is 6.06. The average molecular weight is 278 g/mol. The van der Waals surface area contributed by atoms with Gasteiger partial charge in [0.2, 0.25) is 0 Å². The highest BCUT2D eigenvalue weighted by atomic mass is 16.1. The van der Waals surface area contributed by atoms with E-state index in [2.05, 4.69) is 45.0 Å². The maximum absolute atomic E-state index is 12.1. The molecule has 0 unspecified atom stereocenters. The number of ketones is 1. The van der Waals surface area contributed by atoms with Gasteiger partial charge in [-0.15, -0.1) is 0 Å². The minimum atomic E-state index is 0.0369. The van der Waals surface area contributed by atoms with Gasteiger partial charge in [0.15, 0.2) is 5.78 Å². The topological polar surface area (TPSA) is 17.1 Å². The normalized spacial score (nSPS) is 11.8. The first kappa shape index (κ1) is 15.2. The van der Waals surface area contributed by atoms with E-state index in [0.717, 1.165) is 16.7 Å². The molecule has 21 heavy (non-hydrogen) atoms. The molecule has 0 N–H and O–H groups in total. The van der Waals surface area contributed by atoms with E-state index in [9.17, 15) is 4.79 Å². The summed E-state index contributed by atoms with van der Waals surface area (Å²) in [6.45, 7) is 8.59. The van der Waals surface area contributed by atoms with Crippen molar-refractivity contribution in [2.24, 2.45) is 0 Å². The van der Waals surface area contributed by atoms with E-state index >= 15 is 0 Å². The molecule has 108 valence electrons. The number of rotatable bonds is 3. The van der Waals surface area contributed by atoms with Gasteiger partial charge >= 0.3 is 0 Å². The zero-order valence-electron chi connectivity index (χ0n) is 13.2. The fourth-order valence-electron chi connectivity index (χ4n) is 2.08. The van der Waals surface area contributed by atoms with Crippen molar-refractivity contribution in [3.8, 4) is 0 Å². The van der Waals surface area contributed by atoms with Crippen molar-refractivity contribution in [2.45, 2.75) is 33.1 Å². The van der Waals surface area contributed by atoms with Crippen molar-refractivity contribution >= 4 is 11.9 Å². The summed E-state index contributed by atoms with van der Waals surface area (Å²) < 4.78 is 0. The smallest absolute Gasteiger partial charge is 0.185 e. The van der Waals surface area contributed by atoms with Crippen LogP contribution in [0.4, 0.5) is 0 Å². The molecule has 0 fully saturated rings. The Bertz CT molecular complexity index is 638. The summed E-state index contributed by atoms with van der Waals surface area (Å²) in [6, 6.07) is 16.0. The second-order valence-corrected chi connectivity index (χ2v) is 6.44. The predicted octanol–water partition coefficient (Wildman–Crippen LogP) is 5.19. The molecule has 0 atom stereocenters. The number of allylic oxidation sites excluding steroid dienone is 1. The van der Waals surface area contributed by atoms with Crippen LogP contribution in [0.15, 0.2) is 54.6 Å². The second kappa shape index (κ2) is 6.09. The molecule has 1 nitrogen and oxygen atoms in total. The third-order valence-corrected chi connectivity index (χ3v) is 3.54. The van der Waals surface area contributed by atoms with E-state index in [0.29, 0.717) is 0 Å². The van der Waals surface area contributed by atoms with Crippen LogP contribution in [-0.2, 0) is 5.41 Å². The highest BCUT2D eigenvalue weighted by Crippen LogP contribution is 2.22. The Kier molecular flexibility index (Phi) is 4.42. The summed E-state index contributed by atoms with van der Waals surface area (Å²) in [4.78, 5) is 12.1. The van der Waals surface area contributed by atoms with E-state index in [1.165, 1.54) is 5.56 Å². The van der Waals surface area contributed by atoms with Gasteiger partial charge in [-0.1, -0.05) is 80.9 Å². The van der Waals surface area contributed by atoms with E-state index in [-0.39, 0.29) is 11.2 Å². The lowest BCUT2D eigenvalue weighted by atomic mass is 9.87.